The number of likely N-dealkylation sites (tertiary alicyclic amines) is 1. The van der Waals surface area contributed by atoms with Crippen LogP contribution >= 0.6 is 0 Å². The summed E-state index contributed by atoms with van der Waals surface area (Å²) in [6.45, 7) is 7.54. The Morgan fingerprint density at radius 2 is 2.08 bits per heavy atom. The maximum Gasteiger partial charge on any atom is 0.256 e. The molecule has 8 heteroatoms. The quantitative estimate of drug-likeness (QED) is 0.733. The van der Waals surface area contributed by atoms with Crippen LogP contribution in [0.25, 0.3) is 0 Å². The minimum atomic E-state index is -1.05. The van der Waals surface area contributed by atoms with E-state index in [1.807, 2.05) is 6.92 Å². The van der Waals surface area contributed by atoms with E-state index in [4.69, 9.17) is 5.73 Å². The molecule has 0 aromatic rings. The maximum atomic E-state index is 12.7. The van der Waals surface area contributed by atoms with E-state index < -0.39 is 17.0 Å². The van der Waals surface area contributed by atoms with Crippen LogP contribution in [0.5, 0.6) is 0 Å². The third-order valence-corrected chi connectivity index (χ3v) is 4.82. The van der Waals surface area contributed by atoms with Crippen molar-refractivity contribution in [2.45, 2.75) is 52.1 Å². The molecule has 1 fully saturated rings. The number of amides is 3. The zero-order valence-electron chi connectivity index (χ0n) is 15.0. The molecule has 3 amide bonds. The van der Waals surface area contributed by atoms with Gasteiger partial charge in [-0.05, 0) is 27.2 Å². The van der Waals surface area contributed by atoms with E-state index in [2.05, 4.69) is 10.4 Å². The number of fused-ring (bicyclic) bond motifs is 1. The molecule has 3 N–H and O–H groups in total. The number of nitrogens with one attached hydrogen (secondary N) is 1. The van der Waals surface area contributed by atoms with Gasteiger partial charge >= 0.3 is 0 Å². The predicted octanol–water partition coefficient (Wildman–Crippen LogP) is -0.315. The van der Waals surface area contributed by atoms with Gasteiger partial charge < -0.3 is 16.0 Å². The summed E-state index contributed by atoms with van der Waals surface area (Å²) in [6.07, 6.45) is 1.16. The van der Waals surface area contributed by atoms with E-state index >= 15 is 0 Å². The summed E-state index contributed by atoms with van der Waals surface area (Å²) < 4.78 is 0. The standard InChI is InChI=1S/C16H27N5O3/c1-6-16-9-21(8-7-11(16)19-20(5)14(16)24)12(22)10(2)18-13(23)15(3,4)17/h10H,6-9,17H2,1-5H3,(H,18,23). The van der Waals surface area contributed by atoms with Crippen LogP contribution in [0.2, 0.25) is 0 Å². The Balaban J connectivity index is 2.11. The number of hydrogen-bond acceptors (Lipinski definition) is 5. The first kappa shape index (κ1) is 18.4. The van der Waals surface area contributed by atoms with E-state index in [9.17, 15) is 14.4 Å². The Bertz CT molecular complexity index is 595. The number of rotatable bonds is 4. The van der Waals surface area contributed by atoms with E-state index in [0.29, 0.717) is 25.9 Å². The molecular formula is C16H27N5O3. The van der Waals surface area contributed by atoms with E-state index in [-0.39, 0.29) is 17.7 Å². The molecule has 0 aromatic heterocycles. The molecule has 2 aliphatic rings. The SMILES string of the molecule is CCC12CN(C(=O)C(C)NC(=O)C(C)(C)N)CCC1=NN(C)C2=O. The van der Waals surface area contributed by atoms with Crippen molar-refractivity contribution < 1.29 is 14.4 Å². The van der Waals surface area contributed by atoms with Gasteiger partial charge in [0.05, 0.1) is 11.3 Å². The van der Waals surface area contributed by atoms with Crippen LogP contribution in [-0.4, -0.2) is 65.1 Å². The number of hydrazone groups is 1. The molecule has 0 radical (unpaired) electrons. The van der Waals surface area contributed by atoms with Gasteiger partial charge in [-0.1, -0.05) is 6.92 Å². The van der Waals surface area contributed by atoms with Gasteiger partial charge in [-0.15, -0.1) is 0 Å². The smallest absolute Gasteiger partial charge is 0.256 e. The average Bonchev–Trinajstić information content (AvgIpc) is 2.77. The molecule has 24 heavy (non-hydrogen) atoms. The molecule has 0 bridgehead atoms. The summed E-state index contributed by atoms with van der Waals surface area (Å²) in [5.41, 5.74) is 4.82. The second kappa shape index (κ2) is 6.16. The van der Waals surface area contributed by atoms with Crippen LogP contribution in [0.3, 0.4) is 0 Å². The molecule has 134 valence electrons. The highest BCUT2D eigenvalue weighted by Gasteiger charge is 2.52. The minimum Gasteiger partial charge on any atom is -0.343 e. The van der Waals surface area contributed by atoms with Gasteiger partial charge in [-0.2, -0.15) is 5.10 Å². The lowest BCUT2D eigenvalue weighted by Crippen LogP contribution is -2.59. The van der Waals surface area contributed by atoms with Crippen LogP contribution in [0.4, 0.5) is 0 Å². The van der Waals surface area contributed by atoms with Gasteiger partial charge in [0.15, 0.2) is 0 Å². The molecule has 1 saturated heterocycles. The average molecular weight is 337 g/mol. The van der Waals surface area contributed by atoms with Crippen LogP contribution in [-0.2, 0) is 14.4 Å². The lowest BCUT2D eigenvalue weighted by Gasteiger charge is -2.39. The Kier molecular flexibility index (Phi) is 4.72. The Labute approximate surface area is 142 Å². The Morgan fingerprint density at radius 1 is 1.46 bits per heavy atom. The lowest BCUT2D eigenvalue weighted by molar-refractivity contribution is -0.142. The molecule has 2 rings (SSSR count). The fraction of sp³-hybridized carbons (Fsp3) is 0.750. The van der Waals surface area contributed by atoms with Crippen LogP contribution < -0.4 is 11.1 Å². The minimum absolute atomic E-state index is 0.0720. The van der Waals surface area contributed by atoms with Crippen LogP contribution in [0.1, 0.15) is 40.5 Å². The largest absolute Gasteiger partial charge is 0.343 e. The van der Waals surface area contributed by atoms with Gasteiger partial charge in [0, 0.05) is 26.6 Å². The second-order valence-electron chi connectivity index (χ2n) is 7.24. The molecule has 8 nitrogen and oxygen atoms in total. The third kappa shape index (κ3) is 3.02. The summed E-state index contributed by atoms with van der Waals surface area (Å²) in [5.74, 6) is -0.663. The Hall–Kier alpha value is -1.96. The van der Waals surface area contributed by atoms with E-state index in [1.54, 1.807) is 32.7 Å². The van der Waals surface area contributed by atoms with Gasteiger partial charge in [0.1, 0.15) is 11.5 Å². The highest BCUT2D eigenvalue weighted by atomic mass is 16.2. The molecule has 2 atom stereocenters. The van der Waals surface area contributed by atoms with E-state index in [0.717, 1.165) is 5.71 Å². The van der Waals surface area contributed by atoms with Crippen molar-refractivity contribution in [2.75, 3.05) is 20.1 Å². The maximum absolute atomic E-state index is 12.7. The van der Waals surface area contributed by atoms with Crippen LogP contribution in [0.15, 0.2) is 5.10 Å². The zero-order valence-corrected chi connectivity index (χ0v) is 15.0. The molecule has 0 spiro atoms. The summed E-state index contributed by atoms with van der Waals surface area (Å²) in [6, 6.07) is -0.693. The number of carbonyl (C=O) groups is 3. The van der Waals surface area contributed by atoms with Gasteiger partial charge in [-0.3, -0.25) is 14.4 Å². The van der Waals surface area contributed by atoms with Crippen molar-refractivity contribution in [3.05, 3.63) is 0 Å². The van der Waals surface area contributed by atoms with Crippen molar-refractivity contribution in [1.29, 1.82) is 0 Å². The van der Waals surface area contributed by atoms with Crippen LogP contribution in [0, 0.1) is 5.41 Å². The molecular weight excluding hydrogens is 310 g/mol. The molecule has 2 unspecified atom stereocenters. The molecule has 2 aliphatic heterocycles. The van der Waals surface area contributed by atoms with Crippen molar-refractivity contribution in [2.24, 2.45) is 16.3 Å². The Morgan fingerprint density at radius 3 is 2.62 bits per heavy atom. The third-order valence-electron chi connectivity index (χ3n) is 4.82. The fourth-order valence-electron chi connectivity index (χ4n) is 3.22. The summed E-state index contributed by atoms with van der Waals surface area (Å²) in [7, 11) is 1.64. The first-order valence-corrected chi connectivity index (χ1v) is 8.27. The normalized spacial score (nSPS) is 25.2. The first-order chi connectivity index (χ1) is 11.0. The number of carbonyl (C=O) groups excluding carboxylic acids is 3. The molecule has 0 saturated carbocycles. The van der Waals surface area contributed by atoms with Gasteiger partial charge in [-0.25, -0.2) is 5.01 Å². The monoisotopic (exact) mass is 337 g/mol. The highest BCUT2D eigenvalue weighted by Crippen LogP contribution is 2.37. The van der Waals surface area contributed by atoms with Gasteiger partial charge in [0.25, 0.3) is 5.91 Å². The van der Waals surface area contributed by atoms with Crippen molar-refractivity contribution >= 4 is 23.4 Å². The molecule has 0 aromatic carbocycles. The number of hydrogen-bond donors (Lipinski definition) is 2. The summed E-state index contributed by atoms with van der Waals surface area (Å²) >= 11 is 0. The lowest BCUT2D eigenvalue weighted by atomic mass is 9.75. The van der Waals surface area contributed by atoms with Crippen molar-refractivity contribution in [1.82, 2.24) is 15.2 Å². The highest BCUT2D eigenvalue weighted by molar-refractivity contribution is 6.13. The molecule has 2 heterocycles. The number of piperidine rings is 1. The summed E-state index contributed by atoms with van der Waals surface area (Å²) in [4.78, 5) is 38.8. The number of nitrogens with zero attached hydrogens (tertiary/aromatic N) is 3. The topological polar surface area (TPSA) is 108 Å². The predicted molar refractivity (Wildman–Crippen MR) is 90.0 cm³/mol. The second-order valence-corrected chi connectivity index (χ2v) is 7.24. The number of nitrogens with two attached hydrogens (primary N) is 1. The first-order valence-electron chi connectivity index (χ1n) is 8.27. The van der Waals surface area contributed by atoms with Crippen molar-refractivity contribution in [3.63, 3.8) is 0 Å². The van der Waals surface area contributed by atoms with Crippen molar-refractivity contribution in [3.8, 4) is 0 Å². The van der Waals surface area contributed by atoms with E-state index in [1.165, 1.54) is 5.01 Å². The zero-order chi connectivity index (χ0) is 18.3. The summed E-state index contributed by atoms with van der Waals surface area (Å²) in [5, 5.41) is 8.35. The van der Waals surface area contributed by atoms with Gasteiger partial charge in [0.2, 0.25) is 11.8 Å². The molecule has 0 aliphatic carbocycles. The fourth-order valence-corrected chi connectivity index (χ4v) is 3.22.